The van der Waals surface area contributed by atoms with Crippen molar-refractivity contribution in [2.24, 2.45) is 17.6 Å². The fourth-order valence-electron chi connectivity index (χ4n) is 4.18. The van der Waals surface area contributed by atoms with Crippen LogP contribution >= 0.6 is 24.8 Å². The zero-order chi connectivity index (χ0) is 13.9. The molecular weight excluding hydrogens is 322 g/mol. The molecule has 1 aliphatic carbocycles. The summed E-state index contributed by atoms with van der Waals surface area (Å²) in [5, 5.41) is 0. The third-order valence-electron chi connectivity index (χ3n) is 5.10. The van der Waals surface area contributed by atoms with Crippen LogP contribution in [0.5, 0.6) is 0 Å². The molecule has 3 atom stereocenters. The van der Waals surface area contributed by atoms with Crippen molar-refractivity contribution >= 4 is 24.8 Å². The molecule has 2 aliphatic heterocycles. The maximum atomic E-state index is 13.9. The Kier molecular flexibility index (Phi) is 8.12. The molecule has 2 nitrogen and oxygen atoms in total. The minimum Gasteiger partial charge on any atom is -0.330 e. The molecule has 0 amide bonds. The van der Waals surface area contributed by atoms with Crippen molar-refractivity contribution in [3.8, 4) is 0 Å². The average molecular weight is 349 g/mol. The van der Waals surface area contributed by atoms with E-state index in [-0.39, 0.29) is 30.6 Å². The van der Waals surface area contributed by atoms with Crippen molar-refractivity contribution in [2.75, 3.05) is 19.6 Å². The number of nitrogens with two attached hydrogens (primary N) is 1. The van der Waals surface area contributed by atoms with Gasteiger partial charge in [-0.1, -0.05) is 18.2 Å². The van der Waals surface area contributed by atoms with Crippen LogP contribution in [0.4, 0.5) is 4.39 Å². The maximum Gasteiger partial charge on any atom is 0.126 e. The molecule has 0 radical (unpaired) electrons. The van der Waals surface area contributed by atoms with Gasteiger partial charge in [-0.25, -0.2) is 4.39 Å². The monoisotopic (exact) mass is 348 g/mol. The Labute approximate surface area is 145 Å². The van der Waals surface area contributed by atoms with Gasteiger partial charge in [0, 0.05) is 12.6 Å². The molecule has 2 heterocycles. The third kappa shape index (κ3) is 4.35. The lowest BCUT2D eigenvalue weighted by atomic mass is 9.70. The predicted octanol–water partition coefficient (Wildman–Crippen LogP) is 3.66. The number of hydrogen-bond donors (Lipinski definition) is 1. The quantitative estimate of drug-likeness (QED) is 0.879. The summed E-state index contributed by atoms with van der Waals surface area (Å²) in [5.41, 5.74) is 6.54. The van der Waals surface area contributed by atoms with E-state index in [1.807, 2.05) is 12.1 Å². The van der Waals surface area contributed by atoms with E-state index in [0.717, 1.165) is 37.4 Å². The Bertz CT molecular complexity index is 458. The zero-order valence-electron chi connectivity index (χ0n) is 12.9. The second-order valence-corrected chi connectivity index (χ2v) is 6.44. The Morgan fingerprint density at radius 2 is 1.95 bits per heavy atom. The first kappa shape index (κ1) is 19.7. The summed E-state index contributed by atoms with van der Waals surface area (Å²) in [6.45, 7) is 3.12. The van der Waals surface area contributed by atoms with Gasteiger partial charge < -0.3 is 5.73 Å². The molecular formula is C17H27Cl2FN2. The Hall–Kier alpha value is -0.350. The number of fused-ring (bicyclic) bond motifs is 3. The zero-order valence-corrected chi connectivity index (χ0v) is 14.6. The van der Waals surface area contributed by atoms with Crippen molar-refractivity contribution in [1.82, 2.24) is 4.90 Å². The summed E-state index contributed by atoms with van der Waals surface area (Å²) >= 11 is 0. The number of nitrogens with zero attached hydrogens (tertiary/aromatic N) is 1. The highest BCUT2D eigenvalue weighted by Gasteiger charge is 2.40. The van der Waals surface area contributed by atoms with Crippen LogP contribution < -0.4 is 5.73 Å². The number of hydrogen-bond acceptors (Lipinski definition) is 2. The summed E-state index contributed by atoms with van der Waals surface area (Å²) in [6.07, 6.45) is 5.90. The second-order valence-electron chi connectivity index (χ2n) is 6.44. The summed E-state index contributed by atoms with van der Waals surface area (Å²) in [7, 11) is 0. The number of rotatable bonds is 5. The van der Waals surface area contributed by atoms with Crippen LogP contribution in [-0.2, 0) is 6.42 Å². The van der Waals surface area contributed by atoms with Crippen LogP contribution in [0.1, 0.15) is 31.2 Å². The minimum atomic E-state index is -0.0394. The molecule has 4 rings (SSSR count). The van der Waals surface area contributed by atoms with Crippen molar-refractivity contribution in [2.45, 2.75) is 38.1 Å². The van der Waals surface area contributed by atoms with Gasteiger partial charge in [0.05, 0.1) is 0 Å². The van der Waals surface area contributed by atoms with Crippen LogP contribution in [0.15, 0.2) is 24.3 Å². The molecule has 2 N–H and O–H groups in total. The normalized spacial score (nSPS) is 27.1. The third-order valence-corrected chi connectivity index (χ3v) is 5.10. The minimum absolute atomic E-state index is 0. The molecule has 2 saturated heterocycles. The topological polar surface area (TPSA) is 29.3 Å². The van der Waals surface area contributed by atoms with Crippen LogP contribution in [-0.4, -0.2) is 30.6 Å². The number of piperidine rings is 2. The van der Waals surface area contributed by atoms with Gasteiger partial charge >= 0.3 is 0 Å². The second kappa shape index (κ2) is 9.07. The molecule has 126 valence electrons. The molecule has 0 aromatic heterocycles. The molecule has 1 aromatic carbocycles. The van der Waals surface area contributed by atoms with Gasteiger partial charge in [0.1, 0.15) is 5.82 Å². The molecule has 3 fully saturated rings. The first-order chi connectivity index (χ1) is 9.78. The molecule has 22 heavy (non-hydrogen) atoms. The van der Waals surface area contributed by atoms with E-state index in [1.165, 1.54) is 25.8 Å². The van der Waals surface area contributed by atoms with Gasteiger partial charge in [-0.15, -0.1) is 24.8 Å². The summed E-state index contributed by atoms with van der Waals surface area (Å²) in [6, 6.07) is 7.90. The van der Waals surface area contributed by atoms with Gasteiger partial charge in [-0.2, -0.15) is 0 Å². The molecule has 1 saturated carbocycles. The molecule has 1 aromatic rings. The SMILES string of the molecule is Cl.Cl.NCCCN1C[C@@H]2CC[C@H]1[C@H](Cc1ccccc1F)C2. The lowest BCUT2D eigenvalue weighted by Crippen LogP contribution is -2.54. The largest absolute Gasteiger partial charge is 0.330 e. The highest BCUT2D eigenvalue weighted by molar-refractivity contribution is 5.85. The number of halogens is 3. The van der Waals surface area contributed by atoms with Gasteiger partial charge in [0.15, 0.2) is 0 Å². The van der Waals surface area contributed by atoms with Crippen molar-refractivity contribution < 1.29 is 4.39 Å². The molecule has 5 heteroatoms. The smallest absolute Gasteiger partial charge is 0.126 e. The number of benzene rings is 1. The molecule has 3 aliphatic rings. The lowest BCUT2D eigenvalue weighted by molar-refractivity contribution is 0.000920. The fourth-order valence-corrected chi connectivity index (χ4v) is 4.18. The van der Waals surface area contributed by atoms with E-state index in [4.69, 9.17) is 5.73 Å². The fraction of sp³-hybridized carbons (Fsp3) is 0.647. The highest BCUT2D eigenvalue weighted by atomic mass is 35.5. The molecule has 2 bridgehead atoms. The van der Waals surface area contributed by atoms with E-state index < -0.39 is 0 Å². The van der Waals surface area contributed by atoms with E-state index in [9.17, 15) is 4.39 Å². The van der Waals surface area contributed by atoms with Gasteiger partial charge in [-0.3, -0.25) is 4.90 Å². The van der Waals surface area contributed by atoms with Crippen LogP contribution in [0, 0.1) is 17.7 Å². The van der Waals surface area contributed by atoms with Crippen LogP contribution in [0.2, 0.25) is 0 Å². The Morgan fingerprint density at radius 1 is 1.18 bits per heavy atom. The molecule has 0 spiro atoms. The van der Waals surface area contributed by atoms with E-state index in [2.05, 4.69) is 4.90 Å². The van der Waals surface area contributed by atoms with Crippen LogP contribution in [0.3, 0.4) is 0 Å². The summed E-state index contributed by atoms with van der Waals surface area (Å²) < 4.78 is 13.9. The van der Waals surface area contributed by atoms with E-state index in [1.54, 1.807) is 12.1 Å². The van der Waals surface area contributed by atoms with Gasteiger partial charge in [0.2, 0.25) is 0 Å². The van der Waals surface area contributed by atoms with Crippen LogP contribution in [0.25, 0.3) is 0 Å². The summed E-state index contributed by atoms with van der Waals surface area (Å²) in [5.74, 6) is 1.40. The first-order valence-electron chi connectivity index (χ1n) is 7.95. The highest BCUT2D eigenvalue weighted by Crippen LogP contribution is 2.40. The van der Waals surface area contributed by atoms with Crippen molar-refractivity contribution in [1.29, 1.82) is 0 Å². The Morgan fingerprint density at radius 3 is 2.64 bits per heavy atom. The lowest BCUT2D eigenvalue weighted by Gasteiger charge is -2.50. The average Bonchev–Trinajstić information content (AvgIpc) is 2.48. The van der Waals surface area contributed by atoms with Crippen molar-refractivity contribution in [3.63, 3.8) is 0 Å². The van der Waals surface area contributed by atoms with E-state index in [0.29, 0.717) is 12.0 Å². The van der Waals surface area contributed by atoms with Gasteiger partial charge in [0.25, 0.3) is 0 Å². The van der Waals surface area contributed by atoms with Crippen molar-refractivity contribution in [3.05, 3.63) is 35.6 Å². The molecule has 0 unspecified atom stereocenters. The first-order valence-corrected chi connectivity index (χ1v) is 7.95. The predicted molar refractivity (Wildman–Crippen MR) is 94.5 cm³/mol. The summed E-state index contributed by atoms with van der Waals surface area (Å²) in [4.78, 5) is 2.62. The maximum absolute atomic E-state index is 13.9. The standard InChI is InChI=1S/C17H25FN2.2ClH/c18-16-5-2-1-4-14(16)11-15-10-13-6-7-17(15)20(12-13)9-3-8-19;;/h1-2,4-5,13,15,17H,3,6-12,19H2;2*1H/t13-,15+,17+;;/m1../s1. The van der Waals surface area contributed by atoms with E-state index >= 15 is 0 Å². The van der Waals surface area contributed by atoms with Gasteiger partial charge in [-0.05, 0) is 68.7 Å². The Balaban J connectivity index is 0.00000121.